The zero-order valence-electron chi connectivity index (χ0n) is 10.5. The molecule has 1 rings (SSSR count). The number of rotatable bonds is 6. The van der Waals surface area contributed by atoms with E-state index in [1.807, 2.05) is 0 Å². The Labute approximate surface area is 124 Å². The zero-order valence-corrected chi connectivity index (χ0v) is 14.5. The molecule has 2 nitrogen and oxygen atoms in total. The smallest absolute Gasteiger partial charge is 0.0843 e. The normalized spacial score (nSPS) is 12.1. The van der Waals surface area contributed by atoms with Crippen LogP contribution < -0.4 is 5.32 Å². The van der Waals surface area contributed by atoms with Crippen molar-refractivity contribution < 1.29 is 4.74 Å². The van der Waals surface area contributed by atoms with Gasteiger partial charge in [-0.25, -0.2) is 0 Å². The van der Waals surface area contributed by atoms with E-state index in [1.54, 1.807) is 11.3 Å². The molecule has 0 aliphatic carbocycles. The maximum atomic E-state index is 5.60. The molecule has 0 bridgehead atoms. The summed E-state index contributed by atoms with van der Waals surface area (Å²) >= 11 is 8.73. The van der Waals surface area contributed by atoms with Crippen LogP contribution in [0.3, 0.4) is 0 Å². The fourth-order valence-electron chi connectivity index (χ4n) is 1.29. The van der Waals surface area contributed by atoms with E-state index in [0.29, 0.717) is 0 Å². The van der Waals surface area contributed by atoms with Gasteiger partial charge in [0.15, 0.2) is 0 Å². The predicted molar refractivity (Wildman–Crippen MR) is 82.0 cm³/mol. The van der Waals surface area contributed by atoms with E-state index in [9.17, 15) is 0 Å². The minimum absolute atomic E-state index is 0.173. The molecule has 1 aromatic rings. The largest absolute Gasteiger partial charge is 0.380 e. The molecule has 0 amide bonds. The molecule has 1 aromatic heterocycles. The molecule has 0 atom stereocenters. The van der Waals surface area contributed by atoms with E-state index in [0.717, 1.165) is 34.4 Å². The highest BCUT2D eigenvalue weighted by molar-refractivity contribution is 9.13. The highest BCUT2D eigenvalue weighted by Crippen LogP contribution is 2.32. The number of hydrogen-bond acceptors (Lipinski definition) is 3. The van der Waals surface area contributed by atoms with E-state index in [4.69, 9.17) is 4.74 Å². The van der Waals surface area contributed by atoms with E-state index in [2.05, 4.69) is 64.0 Å². The van der Waals surface area contributed by atoms with Crippen molar-refractivity contribution in [2.75, 3.05) is 19.8 Å². The molecule has 0 aliphatic heterocycles. The van der Waals surface area contributed by atoms with Gasteiger partial charge in [0, 0.05) is 27.9 Å². The maximum absolute atomic E-state index is 5.60. The van der Waals surface area contributed by atoms with Crippen LogP contribution in [0, 0.1) is 0 Å². The number of nitrogens with one attached hydrogen (secondary N) is 1. The summed E-state index contributed by atoms with van der Waals surface area (Å²) in [7, 11) is 0. The van der Waals surface area contributed by atoms with Crippen LogP contribution in [-0.4, -0.2) is 25.3 Å². The summed E-state index contributed by atoms with van der Waals surface area (Å²) in [6.07, 6.45) is 0.977. The Hall–Kier alpha value is 0.580. The van der Waals surface area contributed by atoms with Gasteiger partial charge in [-0.15, -0.1) is 11.3 Å². The van der Waals surface area contributed by atoms with Crippen LogP contribution in [0.2, 0.25) is 0 Å². The van der Waals surface area contributed by atoms with Crippen molar-refractivity contribution in [1.82, 2.24) is 5.32 Å². The monoisotopic (exact) mass is 383 g/mol. The van der Waals surface area contributed by atoms with E-state index >= 15 is 0 Å². The topological polar surface area (TPSA) is 21.3 Å². The van der Waals surface area contributed by atoms with Crippen LogP contribution in [0.5, 0.6) is 0 Å². The van der Waals surface area contributed by atoms with Crippen molar-refractivity contribution in [3.8, 4) is 0 Å². The second-order valence-electron chi connectivity index (χ2n) is 4.87. The van der Waals surface area contributed by atoms with Gasteiger partial charge in [-0.2, -0.15) is 0 Å². The Bertz CT molecular complexity index is 327. The molecule has 0 fully saturated rings. The average Bonchev–Trinajstić information content (AvgIpc) is 2.50. The molecule has 17 heavy (non-hydrogen) atoms. The summed E-state index contributed by atoms with van der Waals surface area (Å²) in [5, 5.41) is 3.40. The molecule has 0 spiro atoms. The Balaban J connectivity index is 2.09. The van der Waals surface area contributed by atoms with Crippen LogP contribution in [-0.2, 0) is 11.2 Å². The van der Waals surface area contributed by atoms with Crippen molar-refractivity contribution in [3.05, 3.63) is 19.2 Å². The van der Waals surface area contributed by atoms with E-state index in [1.165, 1.54) is 4.88 Å². The Kier molecular flexibility index (Phi) is 6.66. The fraction of sp³-hybridized carbons (Fsp3) is 0.667. The van der Waals surface area contributed by atoms with Gasteiger partial charge in [-0.05, 0) is 58.7 Å². The zero-order chi connectivity index (χ0) is 12.9. The van der Waals surface area contributed by atoms with Crippen molar-refractivity contribution in [3.63, 3.8) is 0 Å². The molecular formula is C12H19Br2NOS. The van der Waals surface area contributed by atoms with E-state index in [-0.39, 0.29) is 5.54 Å². The highest BCUT2D eigenvalue weighted by Gasteiger charge is 2.07. The van der Waals surface area contributed by atoms with Crippen LogP contribution >= 0.6 is 43.2 Å². The van der Waals surface area contributed by atoms with Crippen molar-refractivity contribution >= 4 is 43.2 Å². The third-order valence-corrected chi connectivity index (χ3v) is 5.41. The van der Waals surface area contributed by atoms with Crippen LogP contribution in [0.15, 0.2) is 14.3 Å². The first kappa shape index (κ1) is 15.6. The Morgan fingerprint density at radius 1 is 1.29 bits per heavy atom. The lowest BCUT2D eigenvalue weighted by molar-refractivity contribution is 0.134. The second kappa shape index (κ2) is 7.24. The lowest BCUT2D eigenvalue weighted by atomic mass is 10.1. The van der Waals surface area contributed by atoms with Gasteiger partial charge in [0.2, 0.25) is 0 Å². The SMILES string of the molecule is CC(C)(C)NCCOCCc1cc(Br)c(Br)s1. The van der Waals surface area contributed by atoms with Gasteiger partial charge in [-0.1, -0.05) is 0 Å². The quantitative estimate of drug-likeness (QED) is 0.741. The molecule has 0 unspecified atom stereocenters. The molecule has 0 radical (unpaired) electrons. The lowest BCUT2D eigenvalue weighted by Gasteiger charge is -2.20. The Morgan fingerprint density at radius 3 is 2.53 bits per heavy atom. The summed E-state index contributed by atoms with van der Waals surface area (Å²) in [6.45, 7) is 8.94. The molecule has 0 saturated heterocycles. The van der Waals surface area contributed by atoms with Gasteiger partial charge in [0.05, 0.1) is 17.0 Å². The summed E-state index contributed by atoms with van der Waals surface area (Å²) in [6, 6.07) is 2.14. The second-order valence-corrected chi connectivity index (χ2v) is 8.18. The first-order valence-corrected chi connectivity index (χ1v) is 8.05. The third kappa shape index (κ3) is 6.91. The molecule has 98 valence electrons. The minimum Gasteiger partial charge on any atom is -0.380 e. The number of ether oxygens (including phenoxy) is 1. The molecule has 0 aromatic carbocycles. The van der Waals surface area contributed by atoms with Crippen LogP contribution in [0.25, 0.3) is 0 Å². The molecule has 0 saturated carbocycles. The summed E-state index contributed by atoms with van der Waals surface area (Å²) in [5.74, 6) is 0. The molecule has 0 aliphatic rings. The third-order valence-electron chi connectivity index (χ3n) is 2.09. The number of halogens is 2. The van der Waals surface area contributed by atoms with Crippen LogP contribution in [0.1, 0.15) is 25.6 Å². The first-order chi connectivity index (χ1) is 7.88. The highest BCUT2D eigenvalue weighted by atomic mass is 79.9. The van der Waals surface area contributed by atoms with Gasteiger partial charge in [0.25, 0.3) is 0 Å². The summed E-state index contributed by atoms with van der Waals surface area (Å²) in [5.41, 5.74) is 0.173. The van der Waals surface area contributed by atoms with Gasteiger partial charge >= 0.3 is 0 Å². The lowest BCUT2D eigenvalue weighted by Crippen LogP contribution is -2.38. The minimum atomic E-state index is 0.173. The average molecular weight is 385 g/mol. The van der Waals surface area contributed by atoms with Crippen molar-refractivity contribution in [1.29, 1.82) is 0 Å². The van der Waals surface area contributed by atoms with Gasteiger partial charge in [0.1, 0.15) is 0 Å². The summed E-state index contributed by atoms with van der Waals surface area (Å²) in [4.78, 5) is 1.34. The first-order valence-electron chi connectivity index (χ1n) is 5.65. The maximum Gasteiger partial charge on any atom is 0.0843 e. The predicted octanol–water partition coefficient (Wildman–Crippen LogP) is 4.22. The van der Waals surface area contributed by atoms with Gasteiger partial charge in [-0.3, -0.25) is 0 Å². The molecule has 1 heterocycles. The number of hydrogen-bond donors (Lipinski definition) is 1. The standard InChI is InChI=1S/C12H19Br2NOS/c1-12(2,3)15-5-7-16-6-4-9-8-10(13)11(14)17-9/h8,15H,4-7H2,1-3H3. The van der Waals surface area contributed by atoms with Gasteiger partial charge < -0.3 is 10.1 Å². The van der Waals surface area contributed by atoms with Crippen LogP contribution in [0.4, 0.5) is 0 Å². The number of thiophene rings is 1. The summed E-state index contributed by atoms with van der Waals surface area (Å²) < 4.78 is 7.88. The van der Waals surface area contributed by atoms with Crippen molar-refractivity contribution in [2.45, 2.75) is 32.7 Å². The van der Waals surface area contributed by atoms with Crippen molar-refractivity contribution in [2.24, 2.45) is 0 Å². The molecular weight excluding hydrogens is 366 g/mol. The molecule has 5 heteroatoms. The Morgan fingerprint density at radius 2 is 2.00 bits per heavy atom. The fourth-order valence-corrected chi connectivity index (χ4v) is 3.45. The van der Waals surface area contributed by atoms with E-state index < -0.39 is 0 Å². The molecule has 1 N–H and O–H groups in total.